The maximum Gasteiger partial charge on any atom is 0.339 e. The normalized spacial score (nSPS) is 10.6. The Morgan fingerprint density at radius 1 is 1.08 bits per heavy atom. The maximum absolute atomic E-state index is 11.9. The van der Waals surface area contributed by atoms with Gasteiger partial charge in [-0.1, -0.05) is 30.3 Å². The quantitative estimate of drug-likeness (QED) is 0.622. The molecule has 2 N–H and O–H groups in total. The molecule has 0 aliphatic carbocycles. The SMILES string of the molecule is O=C(COC(=O)c1ccccc1Br)NCCc1c[nH]c2ccccc12. The Balaban J connectivity index is 1.45. The molecule has 1 heterocycles. The third kappa shape index (κ3) is 4.28. The van der Waals surface area contributed by atoms with E-state index in [1.165, 1.54) is 0 Å². The van der Waals surface area contributed by atoms with Crippen LogP contribution in [0.1, 0.15) is 15.9 Å². The molecule has 0 saturated carbocycles. The van der Waals surface area contributed by atoms with Gasteiger partial charge in [0.1, 0.15) is 0 Å². The number of esters is 1. The van der Waals surface area contributed by atoms with Gasteiger partial charge >= 0.3 is 5.97 Å². The van der Waals surface area contributed by atoms with E-state index in [0.29, 0.717) is 23.0 Å². The molecule has 128 valence electrons. The van der Waals surface area contributed by atoms with E-state index in [1.54, 1.807) is 24.3 Å². The van der Waals surface area contributed by atoms with Gasteiger partial charge in [0.2, 0.25) is 0 Å². The fraction of sp³-hybridized carbons (Fsp3) is 0.158. The highest BCUT2D eigenvalue weighted by molar-refractivity contribution is 9.10. The summed E-state index contributed by atoms with van der Waals surface area (Å²) in [6, 6.07) is 14.9. The number of nitrogens with one attached hydrogen (secondary N) is 2. The smallest absolute Gasteiger partial charge is 0.339 e. The summed E-state index contributed by atoms with van der Waals surface area (Å²) >= 11 is 3.28. The Kier molecular flexibility index (Phi) is 5.50. The number of H-pyrrole nitrogens is 1. The highest BCUT2D eigenvalue weighted by Crippen LogP contribution is 2.18. The second-order valence-electron chi connectivity index (χ2n) is 5.52. The van der Waals surface area contributed by atoms with Gasteiger partial charge < -0.3 is 15.0 Å². The fourth-order valence-corrected chi connectivity index (χ4v) is 3.01. The lowest BCUT2D eigenvalue weighted by atomic mass is 10.1. The Labute approximate surface area is 153 Å². The van der Waals surface area contributed by atoms with Gasteiger partial charge in [-0.25, -0.2) is 4.79 Å². The van der Waals surface area contributed by atoms with Crippen LogP contribution in [0.3, 0.4) is 0 Å². The molecule has 0 fully saturated rings. The second-order valence-corrected chi connectivity index (χ2v) is 6.37. The largest absolute Gasteiger partial charge is 0.452 e. The number of fused-ring (bicyclic) bond motifs is 1. The topological polar surface area (TPSA) is 71.2 Å². The number of halogens is 1. The zero-order valence-electron chi connectivity index (χ0n) is 13.4. The summed E-state index contributed by atoms with van der Waals surface area (Å²) in [5.74, 6) is -0.848. The van der Waals surface area contributed by atoms with Gasteiger partial charge in [0, 0.05) is 28.1 Å². The highest BCUT2D eigenvalue weighted by Gasteiger charge is 2.12. The first kappa shape index (κ1) is 17.2. The van der Waals surface area contributed by atoms with E-state index in [9.17, 15) is 9.59 Å². The number of amides is 1. The van der Waals surface area contributed by atoms with Crippen LogP contribution in [0, 0.1) is 0 Å². The van der Waals surface area contributed by atoms with Gasteiger partial charge in [-0.2, -0.15) is 0 Å². The molecule has 25 heavy (non-hydrogen) atoms. The van der Waals surface area contributed by atoms with E-state index in [0.717, 1.165) is 16.5 Å². The van der Waals surface area contributed by atoms with Gasteiger partial charge in [0.05, 0.1) is 5.56 Å². The second kappa shape index (κ2) is 7.98. The van der Waals surface area contributed by atoms with Crippen molar-refractivity contribution in [3.8, 4) is 0 Å². The van der Waals surface area contributed by atoms with E-state index in [-0.39, 0.29) is 12.5 Å². The molecule has 2 aromatic carbocycles. The van der Waals surface area contributed by atoms with E-state index >= 15 is 0 Å². The van der Waals surface area contributed by atoms with Crippen LogP contribution in [0.4, 0.5) is 0 Å². The molecule has 0 aliphatic rings. The predicted molar refractivity (Wildman–Crippen MR) is 99.4 cm³/mol. The molecule has 3 rings (SSSR count). The monoisotopic (exact) mass is 400 g/mol. The third-order valence-corrected chi connectivity index (χ3v) is 4.51. The maximum atomic E-state index is 11.9. The summed E-state index contributed by atoms with van der Waals surface area (Å²) in [6.07, 6.45) is 2.65. The van der Waals surface area contributed by atoms with E-state index < -0.39 is 5.97 Å². The first-order valence-corrected chi connectivity index (χ1v) is 8.68. The zero-order chi connectivity index (χ0) is 17.6. The van der Waals surface area contributed by atoms with E-state index in [2.05, 4.69) is 26.2 Å². The lowest BCUT2D eigenvalue weighted by Crippen LogP contribution is -2.30. The van der Waals surface area contributed by atoms with Gasteiger partial charge in [0.25, 0.3) is 5.91 Å². The number of carbonyl (C=O) groups excluding carboxylic acids is 2. The lowest BCUT2D eigenvalue weighted by molar-refractivity contribution is -0.124. The number of hydrogen-bond acceptors (Lipinski definition) is 3. The average molecular weight is 401 g/mol. The predicted octanol–water partition coefficient (Wildman–Crippen LogP) is 3.45. The minimum atomic E-state index is -0.528. The molecule has 0 bridgehead atoms. The van der Waals surface area contributed by atoms with Crippen molar-refractivity contribution < 1.29 is 14.3 Å². The van der Waals surface area contributed by atoms with Crippen molar-refractivity contribution in [1.82, 2.24) is 10.3 Å². The molecule has 1 amide bonds. The van der Waals surface area contributed by atoms with E-state index in [1.807, 2.05) is 30.5 Å². The summed E-state index contributed by atoms with van der Waals surface area (Å²) in [5, 5.41) is 3.92. The number of para-hydroxylation sites is 1. The van der Waals surface area contributed by atoms with Crippen LogP contribution in [0.15, 0.2) is 59.2 Å². The van der Waals surface area contributed by atoms with Crippen molar-refractivity contribution in [3.05, 3.63) is 70.3 Å². The highest BCUT2D eigenvalue weighted by atomic mass is 79.9. The van der Waals surface area contributed by atoms with Crippen LogP contribution in [0.2, 0.25) is 0 Å². The van der Waals surface area contributed by atoms with Gasteiger partial charge in [-0.15, -0.1) is 0 Å². The molecule has 0 aliphatic heterocycles. The van der Waals surface area contributed by atoms with E-state index in [4.69, 9.17) is 4.74 Å². The van der Waals surface area contributed by atoms with Gasteiger partial charge in [0.15, 0.2) is 6.61 Å². The minimum absolute atomic E-state index is 0.298. The van der Waals surface area contributed by atoms with Crippen LogP contribution < -0.4 is 5.32 Å². The zero-order valence-corrected chi connectivity index (χ0v) is 15.0. The molecule has 0 unspecified atom stereocenters. The first-order valence-electron chi connectivity index (χ1n) is 7.88. The summed E-state index contributed by atoms with van der Waals surface area (Å²) in [6.45, 7) is 0.182. The Morgan fingerprint density at radius 2 is 1.84 bits per heavy atom. The summed E-state index contributed by atoms with van der Waals surface area (Å²) in [4.78, 5) is 27.0. The van der Waals surface area contributed by atoms with Crippen molar-refractivity contribution in [2.45, 2.75) is 6.42 Å². The van der Waals surface area contributed by atoms with Crippen LogP contribution in [0.25, 0.3) is 10.9 Å². The summed E-state index contributed by atoms with van der Waals surface area (Å²) < 4.78 is 5.68. The molecular weight excluding hydrogens is 384 g/mol. The Bertz CT molecular complexity index is 904. The summed E-state index contributed by atoms with van der Waals surface area (Å²) in [7, 11) is 0. The van der Waals surface area contributed by atoms with Crippen molar-refractivity contribution in [2.24, 2.45) is 0 Å². The van der Waals surface area contributed by atoms with Crippen molar-refractivity contribution in [2.75, 3.05) is 13.2 Å². The molecule has 5 nitrogen and oxygen atoms in total. The third-order valence-electron chi connectivity index (χ3n) is 3.82. The lowest BCUT2D eigenvalue weighted by Gasteiger charge is -2.07. The molecule has 1 aromatic heterocycles. The number of aromatic nitrogens is 1. The van der Waals surface area contributed by atoms with Crippen molar-refractivity contribution in [1.29, 1.82) is 0 Å². The van der Waals surface area contributed by atoms with Gasteiger partial charge in [-0.3, -0.25) is 4.79 Å². The van der Waals surface area contributed by atoms with Gasteiger partial charge in [-0.05, 0) is 46.1 Å². The summed E-state index contributed by atoms with van der Waals surface area (Å²) in [5.41, 5.74) is 2.61. The number of hydrogen-bond donors (Lipinski definition) is 2. The number of aromatic amines is 1. The van der Waals surface area contributed by atoms with Crippen LogP contribution >= 0.6 is 15.9 Å². The number of rotatable bonds is 6. The number of benzene rings is 2. The van der Waals surface area contributed by atoms with Crippen molar-refractivity contribution in [3.63, 3.8) is 0 Å². The van der Waals surface area contributed by atoms with Crippen LogP contribution in [0.5, 0.6) is 0 Å². The Hall–Kier alpha value is -2.60. The molecule has 0 spiro atoms. The average Bonchev–Trinajstić information content (AvgIpc) is 3.03. The number of ether oxygens (including phenoxy) is 1. The molecule has 3 aromatic rings. The Morgan fingerprint density at radius 3 is 2.68 bits per heavy atom. The molecule has 0 saturated heterocycles. The number of carbonyl (C=O) groups is 2. The standard InChI is InChI=1S/C19H17BrN2O3/c20-16-7-3-1-6-15(16)19(24)25-12-18(23)21-10-9-13-11-22-17-8-4-2-5-14(13)17/h1-8,11,22H,9-10,12H2,(H,21,23). The fourth-order valence-electron chi connectivity index (χ4n) is 2.56. The van der Waals surface area contributed by atoms with Crippen molar-refractivity contribution >= 4 is 38.7 Å². The minimum Gasteiger partial charge on any atom is -0.452 e. The molecular formula is C19H17BrN2O3. The van der Waals surface area contributed by atoms with Crippen LogP contribution in [-0.2, 0) is 16.0 Å². The molecule has 6 heteroatoms. The first-order chi connectivity index (χ1) is 12.1. The van der Waals surface area contributed by atoms with Crippen LogP contribution in [-0.4, -0.2) is 30.0 Å². The molecule has 0 radical (unpaired) electrons. The molecule has 0 atom stereocenters.